The Balaban J connectivity index is 2.27. The first kappa shape index (κ1) is 11.3. The Hall–Kier alpha value is -0.820. The van der Waals surface area contributed by atoms with Crippen molar-refractivity contribution in [3.8, 4) is 0 Å². The van der Waals surface area contributed by atoms with Gasteiger partial charge in [-0.2, -0.15) is 0 Å². The maximum absolute atomic E-state index is 5.74. The molecule has 0 unspecified atom stereocenters. The minimum Gasteiger partial charge on any atom is -0.374 e. The van der Waals surface area contributed by atoms with Crippen molar-refractivity contribution in [2.45, 2.75) is 39.9 Å². The maximum atomic E-state index is 5.74. The van der Waals surface area contributed by atoms with Gasteiger partial charge in [-0.1, -0.05) is 44.2 Å². The van der Waals surface area contributed by atoms with Gasteiger partial charge in [0.1, 0.15) is 0 Å². The lowest BCUT2D eigenvalue weighted by Gasteiger charge is -2.14. The quantitative estimate of drug-likeness (QED) is 0.692. The molecule has 0 spiro atoms. The highest BCUT2D eigenvalue weighted by Gasteiger charge is 2.04. The van der Waals surface area contributed by atoms with E-state index < -0.39 is 0 Å². The zero-order valence-electron chi connectivity index (χ0n) is 9.36. The summed E-state index contributed by atoms with van der Waals surface area (Å²) in [5, 5.41) is 0. The number of rotatable bonds is 5. The van der Waals surface area contributed by atoms with E-state index in [9.17, 15) is 0 Å². The third-order valence-corrected chi connectivity index (χ3v) is 2.18. The van der Waals surface area contributed by atoms with Crippen LogP contribution >= 0.6 is 0 Å². The highest BCUT2D eigenvalue weighted by atomic mass is 16.5. The monoisotopic (exact) mass is 192 g/mol. The third-order valence-electron chi connectivity index (χ3n) is 2.18. The lowest BCUT2D eigenvalue weighted by Crippen LogP contribution is -2.10. The summed E-state index contributed by atoms with van der Waals surface area (Å²) in [4.78, 5) is 0. The Morgan fingerprint density at radius 2 is 1.71 bits per heavy atom. The molecule has 0 amide bonds. The van der Waals surface area contributed by atoms with Crippen LogP contribution in [0.25, 0.3) is 0 Å². The normalized spacial score (nSPS) is 13.1. The van der Waals surface area contributed by atoms with Gasteiger partial charge in [0.05, 0.1) is 12.7 Å². The molecule has 0 saturated carbocycles. The summed E-state index contributed by atoms with van der Waals surface area (Å²) >= 11 is 0. The van der Waals surface area contributed by atoms with Crippen molar-refractivity contribution >= 4 is 0 Å². The second-order valence-corrected chi connectivity index (χ2v) is 4.24. The van der Waals surface area contributed by atoms with Gasteiger partial charge < -0.3 is 4.74 Å². The van der Waals surface area contributed by atoms with Crippen LogP contribution in [-0.4, -0.2) is 6.10 Å². The van der Waals surface area contributed by atoms with E-state index in [0.717, 1.165) is 13.0 Å². The summed E-state index contributed by atoms with van der Waals surface area (Å²) in [6.45, 7) is 7.32. The largest absolute Gasteiger partial charge is 0.374 e. The Morgan fingerprint density at radius 1 is 1.07 bits per heavy atom. The third kappa shape index (κ3) is 4.43. The molecule has 1 rings (SSSR count). The summed E-state index contributed by atoms with van der Waals surface area (Å²) in [5.41, 5.74) is 1.25. The van der Waals surface area contributed by atoms with E-state index in [0.29, 0.717) is 12.0 Å². The summed E-state index contributed by atoms with van der Waals surface area (Å²) in [6.07, 6.45) is 1.49. The lowest BCUT2D eigenvalue weighted by molar-refractivity contribution is 0.0397. The van der Waals surface area contributed by atoms with Crippen LogP contribution < -0.4 is 0 Å². The average Bonchev–Trinajstić information content (AvgIpc) is 2.15. The van der Waals surface area contributed by atoms with E-state index in [1.165, 1.54) is 5.56 Å². The Labute approximate surface area is 87.1 Å². The second-order valence-electron chi connectivity index (χ2n) is 4.24. The molecule has 14 heavy (non-hydrogen) atoms. The molecule has 0 saturated heterocycles. The molecule has 1 aromatic carbocycles. The zero-order valence-corrected chi connectivity index (χ0v) is 9.36. The fourth-order valence-corrected chi connectivity index (χ4v) is 1.54. The molecule has 1 heteroatoms. The molecule has 0 aliphatic rings. The number of benzene rings is 1. The van der Waals surface area contributed by atoms with Crippen molar-refractivity contribution in [3.05, 3.63) is 35.9 Å². The standard InChI is InChI=1S/C13H20O/c1-11(2)9-12(3)14-10-13-7-5-4-6-8-13/h4-8,11-12H,9-10H2,1-3H3/t12-/m0/s1. The first-order valence-electron chi connectivity index (χ1n) is 5.34. The van der Waals surface area contributed by atoms with Gasteiger partial charge in [-0.25, -0.2) is 0 Å². The average molecular weight is 192 g/mol. The molecule has 78 valence electrons. The van der Waals surface area contributed by atoms with Crippen LogP contribution in [0.3, 0.4) is 0 Å². The van der Waals surface area contributed by atoms with E-state index in [1.54, 1.807) is 0 Å². The van der Waals surface area contributed by atoms with Crippen LogP contribution in [0.4, 0.5) is 0 Å². The van der Waals surface area contributed by atoms with Crippen LogP contribution in [0, 0.1) is 5.92 Å². The summed E-state index contributed by atoms with van der Waals surface area (Å²) in [5.74, 6) is 0.709. The molecule has 0 radical (unpaired) electrons. The maximum Gasteiger partial charge on any atom is 0.0720 e. The van der Waals surface area contributed by atoms with Crippen molar-refractivity contribution in [3.63, 3.8) is 0 Å². The molecule has 0 aromatic heterocycles. The van der Waals surface area contributed by atoms with Gasteiger partial charge in [0, 0.05) is 0 Å². The molecule has 0 heterocycles. The van der Waals surface area contributed by atoms with Crippen molar-refractivity contribution in [1.82, 2.24) is 0 Å². The number of ether oxygens (including phenoxy) is 1. The molecule has 0 N–H and O–H groups in total. The number of hydrogen-bond acceptors (Lipinski definition) is 1. The van der Waals surface area contributed by atoms with E-state index >= 15 is 0 Å². The molecular formula is C13H20O. The molecule has 0 fully saturated rings. The van der Waals surface area contributed by atoms with E-state index in [4.69, 9.17) is 4.74 Å². The van der Waals surface area contributed by atoms with Crippen LogP contribution in [-0.2, 0) is 11.3 Å². The summed E-state index contributed by atoms with van der Waals surface area (Å²) < 4.78 is 5.74. The highest BCUT2D eigenvalue weighted by Crippen LogP contribution is 2.10. The van der Waals surface area contributed by atoms with Gasteiger partial charge in [-0.15, -0.1) is 0 Å². The lowest BCUT2D eigenvalue weighted by atomic mass is 10.1. The molecular weight excluding hydrogens is 172 g/mol. The van der Waals surface area contributed by atoms with Crippen LogP contribution in [0.1, 0.15) is 32.8 Å². The Morgan fingerprint density at radius 3 is 2.29 bits per heavy atom. The van der Waals surface area contributed by atoms with Crippen molar-refractivity contribution in [2.75, 3.05) is 0 Å². The van der Waals surface area contributed by atoms with Crippen molar-refractivity contribution in [2.24, 2.45) is 5.92 Å². The molecule has 0 aliphatic heterocycles. The fourth-order valence-electron chi connectivity index (χ4n) is 1.54. The first-order valence-corrected chi connectivity index (χ1v) is 5.34. The molecule has 1 aromatic rings. The van der Waals surface area contributed by atoms with Gasteiger partial charge in [-0.3, -0.25) is 0 Å². The second kappa shape index (κ2) is 5.82. The summed E-state index contributed by atoms with van der Waals surface area (Å²) in [7, 11) is 0. The first-order chi connectivity index (χ1) is 6.68. The predicted octanol–water partition coefficient (Wildman–Crippen LogP) is 3.64. The van der Waals surface area contributed by atoms with Gasteiger partial charge in [0.25, 0.3) is 0 Å². The molecule has 1 nitrogen and oxygen atoms in total. The highest BCUT2D eigenvalue weighted by molar-refractivity contribution is 5.13. The van der Waals surface area contributed by atoms with E-state index in [1.807, 2.05) is 18.2 Å². The van der Waals surface area contributed by atoms with Gasteiger partial charge in [0.2, 0.25) is 0 Å². The smallest absolute Gasteiger partial charge is 0.0720 e. The van der Waals surface area contributed by atoms with Crippen molar-refractivity contribution < 1.29 is 4.74 Å². The van der Waals surface area contributed by atoms with Crippen LogP contribution in [0.5, 0.6) is 0 Å². The SMILES string of the molecule is CC(C)C[C@H](C)OCc1ccccc1. The molecule has 1 atom stereocenters. The fraction of sp³-hybridized carbons (Fsp3) is 0.538. The Bertz CT molecular complexity index is 241. The topological polar surface area (TPSA) is 9.23 Å². The van der Waals surface area contributed by atoms with Gasteiger partial charge >= 0.3 is 0 Å². The van der Waals surface area contributed by atoms with E-state index in [-0.39, 0.29) is 0 Å². The minimum absolute atomic E-state index is 0.357. The molecule has 0 aliphatic carbocycles. The van der Waals surface area contributed by atoms with Gasteiger partial charge in [0.15, 0.2) is 0 Å². The van der Waals surface area contributed by atoms with Crippen molar-refractivity contribution in [1.29, 1.82) is 0 Å². The molecule has 0 bridgehead atoms. The van der Waals surface area contributed by atoms with Crippen LogP contribution in [0.15, 0.2) is 30.3 Å². The Kier molecular flexibility index (Phi) is 4.68. The predicted molar refractivity (Wildman–Crippen MR) is 60.1 cm³/mol. The zero-order chi connectivity index (χ0) is 10.4. The van der Waals surface area contributed by atoms with Crippen LogP contribution in [0.2, 0.25) is 0 Å². The minimum atomic E-state index is 0.357. The summed E-state index contributed by atoms with van der Waals surface area (Å²) in [6, 6.07) is 10.3. The van der Waals surface area contributed by atoms with E-state index in [2.05, 4.69) is 32.9 Å². The van der Waals surface area contributed by atoms with Gasteiger partial charge in [-0.05, 0) is 24.8 Å². The number of hydrogen-bond donors (Lipinski definition) is 0.